The van der Waals surface area contributed by atoms with Gasteiger partial charge in [-0.1, -0.05) is 6.07 Å². The molecule has 5 nitrogen and oxygen atoms in total. The maximum absolute atomic E-state index is 11.7. The van der Waals surface area contributed by atoms with Crippen LogP contribution in [0.2, 0.25) is 0 Å². The van der Waals surface area contributed by atoms with Crippen molar-refractivity contribution < 1.29 is 17.9 Å². The molecule has 0 bridgehead atoms. The van der Waals surface area contributed by atoms with Gasteiger partial charge in [-0.05, 0) is 27.0 Å². The first-order valence-electron chi connectivity index (χ1n) is 6.56. The molecule has 6 heteroatoms. The zero-order valence-electron chi connectivity index (χ0n) is 12.5. The highest BCUT2D eigenvalue weighted by molar-refractivity contribution is 7.91. The van der Waals surface area contributed by atoms with Crippen molar-refractivity contribution in [2.45, 2.75) is 25.6 Å². The monoisotopic (exact) mass is 301 g/mol. The highest BCUT2D eigenvalue weighted by Crippen LogP contribution is 2.24. The maximum Gasteiger partial charge on any atom is 0.155 e. The Hall–Kier alpha value is -1.27. The Morgan fingerprint density at radius 3 is 2.55 bits per heavy atom. The van der Waals surface area contributed by atoms with Crippen molar-refractivity contribution in [3.8, 4) is 11.5 Å². The Morgan fingerprint density at radius 1 is 1.30 bits per heavy atom. The van der Waals surface area contributed by atoms with Gasteiger partial charge in [-0.3, -0.25) is 0 Å². The summed E-state index contributed by atoms with van der Waals surface area (Å²) in [6.45, 7) is 4.14. The van der Waals surface area contributed by atoms with Gasteiger partial charge in [0.1, 0.15) is 18.1 Å². The van der Waals surface area contributed by atoms with E-state index in [1.165, 1.54) is 0 Å². The molecule has 0 saturated carbocycles. The van der Waals surface area contributed by atoms with Gasteiger partial charge in [0.05, 0.1) is 18.1 Å². The summed E-state index contributed by atoms with van der Waals surface area (Å²) in [6.07, 6.45) is 0. The second-order valence-electron chi connectivity index (χ2n) is 4.77. The number of rotatable bonds is 8. The molecule has 20 heavy (non-hydrogen) atoms. The molecule has 0 heterocycles. The molecule has 0 aliphatic heterocycles. The average Bonchev–Trinajstić information content (AvgIpc) is 2.40. The lowest BCUT2D eigenvalue weighted by molar-refractivity contribution is 0.332. The Labute approximate surface area is 121 Å². The first kappa shape index (κ1) is 16.8. The van der Waals surface area contributed by atoms with Gasteiger partial charge in [-0.15, -0.1) is 0 Å². The normalized spacial score (nSPS) is 11.7. The van der Waals surface area contributed by atoms with Crippen LogP contribution in [-0.2, 0) is 16.4 Å². The topological polar surface area (TPSA) is 64.6 Å². The number of nitrogens with one attached hydrogen (secondary N) is 1. The SMILES string of the molecule is CNCc1ccc(OC)cc1OCCS(=O)(=O)C(C)C. The molecule has 0 aliphatic carbocycles. The third kappa shape index (κ3) is 4.68. The molecule has 0 unspecified atom stereocenters. The summed E-state index contributed by atoms with van der Waals surface area (Å²) in [7, 11) is 0.347. The largest absolute Gasteiger partial charge is 0.497 e. The highest BCUT2D eigenvalue weighted by Gasteiger charge is 2.16. The molecule has 0 aromatic heterocycles. The average molecular weight is 301 g/mol. The molecule has 1 N–H and O–H groups in total. The van der Waals surface area contributed by atoms with Crippen LogP contribution in [0.3, 0.4) is 0 Å². The van der Waals surface area contributed by atoms with E-state index in [0.29, 0.717) is 18.0 Å². The molecule has 0 amide bonds. The minimum atomic E-state index is -3.08. The minimum Gasteiger partial charge on any atom is -0.497 e. The zero-order chi connectivity index (χ0) is 15.2. The lowest BCUT2D eigenvalue weighted by Crippen LogP contribution is -2.22. The van der Waals surface area contributed by atoms with E-state index in [0.717, 1.165) is 5.56 Å². The fourth-order valence-corrected chi connectivity index (χ4v) is 2.42. The second kappa shape index (κ2) is 7.50. The number of methoxy groups -OCH3 is 1. The van der Waals surface area contributed by atoms with Gasteiger partial charge < -0.3 is 14.8 Å². The van der Waals surface area contributed by atoms with E-state index in [4.69, 9.17) is 9.47 Å². The van der Waals surface area contributed by atoms with Crippen LogP contribution in [0.1, 0.15) is 19.4 Å². The van der Waals surface area contributed by atoms with Crippen LogP contribution >= 0.6 is 0 Å². The molecule has 0 saturated heterocycles. The third-order valence-corrected chi connectivity index (χ3v) is 5.16. The van der Waals surface area contributed by atoms with E-state index >= 15 is 0 Å². The quantitative estimate of drug-likeness (QED) is 0.790. The van der Waals surface area contributed by atoms with Crippen molar-refractivity contribution >= 4 is 9.84 Å². The Kier molecular flexibility index (Phi) is 6.29. The molecular formula is C14H23NO4S. The van der Waals surface area contributed by atoms with Crippen molar-refractivity contribution in [2.75, 3.05) is 26.5 Å². The van der Waals surface area contributed by atoms with E-state index in [-0.39, 0.29) is 17.6 Å². The Balaban J connectivity index is 2.75. The van der Waals surface area contributed by atoms with Gasteiger partial charge in [-0.25, -0.2) is 8.42 Å². The summed E-state index contributed by atoms with van der Waals surface area (Å²) < 4.78 is 34.2. The Bertz CT molecular complexity index is 526. The predicted octanol–water partition coefficient (Wildman–Crippen LogP) is 1.62. The van der Waals surface area contributed by atoms with E-state index < -0.39 is 9.84 Å². The van der Waals surface area contributed by atoms with E-state index in [1.54, 1.807) is 27.0 Å². The molecule has 0 spiro atoms. The fraction of sp³-hybridized carbons (Fsp3) is 0.571. The molecule has 0 fully saturated rings. The zero-order valence-corrected chi connectivity index (χ0v) is 13.3. The molecular weight excluding hydrogens is 278 g/mol. The van der Waals surface area contributed by atoms with Crippen LogP contribution in [0, 0.1) is 0 Å². The number of hydrogen-bond acceptors (Lipinski definition) is 5. The predicted molar refractivity (Wildman–Crippen MR) is 80.2 cm³/mol. The number of hydrogen-bond donors (Lipinski definition) is 1. The van der Waals surface area contributed by atoms with E-state index in [1.807, 2.05) is 19.2 Å². The summed E-state index contributed by atoms with van der Waals surface area (Å²) in [6, 6.07) is 5.53. The smallest absolute Gasteiger partial charge is 0.155 e. The van der Waals surface area contributed by atoms with Gasteiger partial charge in [0.25, 0.3) is 0 Å². The van der Waals surface area contributed by atoms with Crippen LogP contribution in [-0.4, -0.2) is 40.2 Å². The van der Waals surface area contributed by atoms with Gasteiger partial charge in [0.15, 0.2) is 9.84 Å². The third-order valence-electron chi connectivity index (χ3n) is 2.99. The van der Waals surface area contributed by atoms with Crippen molar-refractivity contribution in [1.29, 1.82) is 0 Å². The van der Waals surface area contributed by atoms with Crippen molar-refractivity contribution in [1.82, 2.24) is 5.32 Å². The lowest BCUT2D eigenvalue weighted by Gasteiger charge is -2.14. The van der Waals surface area contributed by atoms with Gasteiger partial charge >= 0.3 is 0 Å². The van der Waals surface area contributed by atoms with Crippen molar-refractivity contribution in [2.24, 2.45) is 0 Å². The highest BCUT2D eigenvalue weighted by atomic mass is 32.2. The number of ether oxygens (including phenoxy) is 2. The summed E-state index contributed by atoms with van der Waals surface area (Å²) >= 11 is 0. The van der Waals surface area contributed by atoms with E-state index in [9.17, 15) is 8.42 Å². The molecule has 0 atom stereocenters. The van der Waals surface area contributed by atoms with Crippen molar-refractivity contribution in [3.63, 3.8) is 0 Å². The second-order valence-corrected chi connectivity index (χ2v) is 7.44. The molecule has 1 aromatic carbocycles. The van der Waals surface area contributed by atoms with Crippen LogP contribution in [0.15, 0.2) is 18.2 Å². The van der Waals surface area contributed by atoms with Crippen LogP contribution in [0.4, 0.5) is 0 Å². The Morgan fingerprint density at radius 2 is 2.00 bits per heavy atom. The standard InChI is InChI=1S/C14H23NO4S/c1-11(2)20(16,17)8-7-19-14-9-13(18-4)6-5-12(14)10-15-3/h5-6,9,11,15H,7-8,10H2,1-4H3. The first-order valence-corrected chi connectivity index (χ1v) is 8.28. The molecule has 0 radical (unpaired) electrons. The number of sulfone groups is 1. The summed E-state index contributed by atoms with van der Waals surface area (Å²) in [5, 5.41) is 2.67. The summed E-state index contributed by atoms with van der Waals surface area (Å²) in [5.41, 5.74) is 0.968. The van der Waals surface area contributed by atoms with E-state index in [2.05, 4.69) is 5.32 Å². The molecule has 0 aliphatic rings. The maximum atomic E-state index is 11.7. The number of benzene rings is 1. The summed E-state index contributed by atoms with van der Waals surface area (Å²) in [4.78, 5) is 0. The first-order chi connectivity index (χ1) is 9.40. The van der Waals surface area contributed by atoms with Gasteiger partial charge in [0.2, 0.25) is 0 Å². The fourth-order valence-electron chi connectivity index (χ4n) is 1.64. The van der Waals surface area contributed by atoms with Crippen LogP contribution in [0.5, 0.6) is 11.5 Å². The van der Waals surface area contributed by atoms with Crippen LogP contribution < -0.4 is 14.8 Å². The molecule has 1 rings (SSSR count). The summed E-state index contributed by atoms with van der Waals surface area (Å²) in [5.74, 6) is 1.35. The minimum absolute atomic E-state index is 0.0148. The lowest BCUT2D eigenvalue weighted by atomic mass is 10.2. The van der Waals surface area contributed by atoms with Crippen LogP contribution in [0.25, 0.3) is 0 Å². The molecule has 114 valence electrons. The van der Waals surface area contributed by atoms with Gasteiger partial charge in [-0.2, -0.15) is 0 Å². The molecule has 1 aromatic rings. The van der Waals surface area contributed by atoms with Gasteiger partial charge in [0, 0.05) is 18.2 Å². The van der Waals surface area contributed by atoms with Crippen molar-refractivity contribution in [3.05, 3.63) is 23.8 Å².